The first kappa shape index (κ1) is 29.6. The molecule has 8 nitrogen and oxygen atoms in total. The van der Waals surface area contributed by atoms with Crippen LogP contribution in [0.4, 0.5) is 10.1 Å². The summed E-state index contributed by atoms with van der Waals surface area (Å²) in [7, 11) is -2.67. The minimum absolute atomic E-state index is 0.0162. The average molecular weight is 556 g/mol. The van der Waals surface area contributed by atoms with Crippen molar-refractivity contribution in [1.29, 1.82) is 0 Å². The smallest absolute Gasteiger partial charge is 0.264 e. The molecule has 10 heteroatoms. The van der Waals surface area contributed by atoms with Crippen molar-refractivity contribution in [3.8, 4) is 5.75 Å². The van der Waals surface area contributed by atoms with Crippen molar-refractivity contribution in [3.05, 3.63) is 89.7 Å². The minimum atomic E-state index is -4.21. The molecule has 0 aliphatic heterocycles. The van der Waals surface area contributed by atoms with Crippen LogP contribution < -0.4 is 14.4 Å². The number of hydrogen-bond donors (Lipinski definition) is 1. The van der Waals surface area contributed by atoms with E-state index in [9.17, 15) is 22.4 Å². The van der Waals surface area contributed by atoms with Gasteiger partial charge in [-0.25, -0.2) is 12.8 Å². The second kappa shape index (κ2) is 12.8. The molecule has 0 spiro atoms. The first-order valence-corrected chi connectivity index (χ1v) is 13.9. The lowest BCUT2D eigenvalue weighted by Gasteiger charge is -2.32. The molecule has 0 aliphatic carbocycles. The van der Waals surface area contributed by atoms with Crippen LogP contribution >= 0.6 is 0 Å². The molecule has 1 atom stereocenters. The molecule has 3 aromatic carbocycles. The van der Waals surface area contributed by atoms with Crippen molar-refractivity contribution in [2.75, 3.05) is 18.0 Å². The Morgan fingerprint density at radius 2 is 1.51 bits per heavy atom. The number of anilines is 1. The molecule has 3 rings (SSSR count). The molecule has 0 fully saturated rings. The van der Waals surface area contributed by atoms with Gasteiger partial charge in [0.25, 0.3) is 10.0 Å². The van der Waals surface area contributed by atoms with Crippen LogP contribution in [0.15, 0.2) is 77.7 Å². The van der Waals surface area contributed by atoms with Crippen molar-refractivity contribution in [2.45, 2.75) is 51.2 Å². The number of hydrogen-bond acceptors (Lipinski definition) is 5. The van der Waals surface area contributed by atoms with E-state index >= 15 is 0 Å². The van der Waals surface area contributed by atoms with Gasteiger partial charge in [-0.05, 0) is 81.8 Å². The third kappa shape index (κ3) is 7.57. The molecular weight excluding hydrogens is 521 g/mol. The molecule has 0 unspecified atom stereocenters. The number of methoxy groups -OCH3 is 1. The topological polar surface area (TPSA) is 96.0 Å². The molecule has 0 bridgehead atoms. The zero-order valence-electron chi connectivity index (χ0n) is 22.7. The summed E-state index contributed by atoms with van der Waals surface area (Å²) >= 11 is 0. The van der Waals surface area contributed by atoms with Gasteiger partial charge in [0.1, 0.15) is 24.2 Å². The largest absolute Gasteiger partial charge is 0.497 e. The number of nitrogens with one attached hydrogen (secondary N) is 1. The van der Waals surface area contributed by atoms with Crippen LogP contribution in [-0.2, 0) is 26.2 Å². The number of carbonyl (C=O) groups is 2. The summed E-state index contributed by atoms with van der Waals surface area (Å²) in [6.45, 7) is 6.50. The molecule has 0 aromatic heterocycles. The fraction of sp³-hybridized carbons (Fsp3) is 0.310. The van der Waals surface area contributed by atoms with Gasteiger partial charge in [0.05, 0.1) is 17.7 Å². The molecule has 2 amide bonds. The molecule has 0 aliphatic rings. The Kier molecular flexibility index (Phi) is 9.69. The molecule has 0 heterocycles. The number of benzene rings is 3. The Labute approximate surface area is 229 Å². The number of aryl methyl sites for hydroxylation is 1. The third-order valence-corrected chi connectivity index (χ3v) is 7.90. The maximum atomic E-state index is 13.8. The Morgan fingerprint density at radius 1 is 0.923 bits per heavy atom. The SMILES string of the molecule is COc1ccc(CN(C(=O)CN(c2ccc(F)cc2)S(=O)(=O)c2ccc(C)cc2)[C@@H](C)C(=O)NC(C)C)cc1. The third-order valence-electron chi connectivity index (χ3n) is 6.11. The maximum absolute atomic E-state index is 13.8. The van der Waals surface area contributed by atoms with E-state index in [2.05, 4.69) is 5.32 Å². The molecule has 0 saturated carbocycles. The summed E-state index contributed by atoms with van der Waals surface area (Å²) in [4.78, 5) is 28.1. The lowest BCUT2D eigenvalue weighted by Crippen LogP contribution is -2.52. The van der Waals surface area contributed by atoms with Gasteiger partial charge in [0.15, 0.2) is 0 Å². The molecule has 1 N–H and O–H groups in total. The number of carbonyl (C=O) groups excluding carboxylic acids is 2. The molecule has 0 radical (unpaired) electrons. The number of ether oxygens (including phenoxy) is 1. The Morgan fingerprint density at radius 3 is 2.05 bits per heavy atom. The van der Waals surface area contributed by atoms with Crippen molar-refractivity contribution >= 4 is 27.5 Å². The van der Waals surface area contributed by atoms with Crippen LogP contribution in [0.2, 0.25) is 0 Å². The van der Waals surface area contributed by atoms with Gasteiger partial charge >= 0.3 is 0 Å². The van der Waals surface area contributed by atoms with Gasteiger partial charge < -0.3 is 15.0 Å². The summed E-state index contributed by atoms with van der Waals surface area (Å²) in [5, 5.41) is 2.81. The number of halogens is 1. The Balaban J connectivity index is 2.01. The first-order valence-electron chi connectivity index (χ1n) is 12.5. The second-order valence-electron chi connectivity index (χ2n) is 9.51. The van der Waals surface area contributed by atoms with E-state index in [-0.39, 0.29) is 29.1 Å². The van der Waals surface area contributed by atoms with Crippen molar-refractivity contribution < 1.29 is 27.1 Å². The summed E-state index contributed by atoms with van der Waals surface area (Å²) in [6.07, 6.45) is 0. The predicted octanol–water partition coefficient (Wildman–Crippen LogP) is 4.28. The fourth-order valence-corrected chi connectivity index (χ4v) is 5.30. The zero-order chi connectivity index (χ0) is 28.7. The number of rotatable bonds is 11. The lowest BCUT2D eigenvalue weighted by atomic mass is 10.1. The zero-order valence-corrected chi connectivity index (χ0v) is 23.5. The van der Waals surface area contributed by atoms with E-state index in [4.69, 9.17) is 4.74 Å². The highest BCUT2D eigenvalue weighted by Gasteiger charge is 2.32. The van der Waals surface area contributed by atoms with Crippen LogP contribution in [0.3, 0.4) is 0 Å². The van der Waals surface area contributed by atoms with E-state index in [1.807, 2.05) is 20.8 Å². The monoisotopic (exact) mass is 555 g/mol. The van der Waals surface area contributed by atoms with Crippen LogP contribution in [0.1, 0.15) is 31.9 Å². The highest BCUT2D eigenvalue weighted by atomic mass is 32.2. The summed E-state index contributed by atoms with van der Waals surface area (Å²) in [6, 6.07) is 17.1. The predicted molar refractivity (Wildman–Crippen MR) is 148 cm³/mol. The average Bonchev–Trinajstić information content (AvgIpc) is 2.90. The van der Waals surface area contributed by atoms with Gasteiger partial charge in [-0.3, -0.25) is 13.9 Å². The van der Waals surface area contributed by atoms with E-state index < -0.39 is 34.3 Å². The van der Waals surface area contributed by atoms with Gasteiger partial charge in [0, 0.05) is 12.6 Å². The van der Waals surface area contributed by atoms with Gasteiger partial charge in [-0.15, -0.1) is 0 Å². The van der Waals surface area contributed by atoms with Crippen LogP contribution in [-0.4, -0.2) is 50.9 Å². The Hall–Kier alpha value is -3.92. The number of nitrogens with zero attached hydrogens (tertiary/aromatic N) is 2. The summed E-state index contributed by atoms with van der Waals surface area (Å²) < 4.78 is 47.3. The van der Waals surface area contributed by atoms with E-state index in [1.165, 1.54) is 29.2 Å². The van der Waals surface area contributed by atoms with Gasteiger partial charge in [-0.1, -0.05) is 29.8 Å². The van der Waals surface area contributed by atoms with Crippen molar-refractivity contribution in [3.63, 3.8) is 0 Å². The van der Waals surface area contributed by atoms with Crippen LogP contribution in [0.5, 0.6) is 5.75 Å². The number of sulfonamides is 1. The van der Waals surface area contributed by atoms with E-state index in [1.54, 1.807) is 50.4 Å². The Bertz CT molecular complexity index is 1380. The summed E-state index contributed by atoms with van der Waals surface area (Å²) in [5.41, 5.74) is 1.71. The minimum Gasteiger partial charge on any atom is -0.497 e. The number of amides is 2. The lowest BCUT2D eigenvalue weighted by molar-refractivity contribution is -0.139. The highest BCUT2D eigenvalue weighted by Crippen LogP contribution is 2.25. The summed E-state index contributed by atoms with van der Waals surface area (Å²) in [5.74, 6) is -0.884. The highest BCUT2D eigenvalue weighted by molar-refractivity contribution is 7.92. The standard InChI is InChI=1S/C29H34FN3O5S/c1-20(2)31-29(35)22(4)32(18-23-8-14-26(38-5)15-9-23)28(34)19-33(25-12-10-24(30)11-13-25)39(36,37)27-16-6-21(3)7-17-27/h6-17,20,22H,18-19H2,1-5H3,(H,31,35)/t22-/m0/s1. The first-order chi connectivity index (χ1) is 18.4. The maximum Gasteiger partial charge on any atom is 0.264 e. The molecular formula is C29H34FN3O5S. The molecule has 208 valence electrons. The van der Waals surface area contributed by atoms with Crippen LogP contribution in [0.25, 0.3) is 0 Å². The normalized spacial score (nSPS) is 12.1. The van der Waals surface area contributed by atoms with Crippen molar-refractivity contribution in [2.24, 2.45) is 0 Å². The van der Waals surface area contributed by atoms with E-state index in [0.717, 1.165) is 27.6 Å². The van der Waals surface area contributed by atoms with Gasteiger partial charge in [-0.2, -0.15) is 0 Å². The second-order valence-corrected chi connectivity index (χ2v) is 11.4. The molecule has 0 saturated heterocycles. The fourth-order valence-electron chi connectivity index (χ4n) is 3.89. The molecule has 3 aromatic rings. The molecule has 39 heavy (non-hydrogen) atoms. The van der Waals surface area contributed by atoms with Crippen molar-refractivity contribution in [1.82, 2.24) is 10.2 Å². The van der Waals surface area contributed by atoms with Gasteiger partial charge in [0.2, 0.25) is 11.8 Å². The quantitative estimate of drug-likeness (QED) is 0.381. The van der Waals surface area contributed by atoms with Crippen LogP contribution in [0, 0.1) is 12.7 Å². The van der Waals surface area contributed by atoms with E-state index in [0.29, 0.717) is 5.75 Å².